The van der Waals surface area contributed by atoms with Gasteiger partial charge < -0.3 is 10.6 Å². The zero-order valence-electron chi connectivity index (χ0n) is 17.0. The third kappa shape index (κ3) is 4.15. The highest BCUT2D eigenvalue weighted by atomic mass is 16.1. The Kier molecular flexibility index (Phi) is 5.24. The van der Waals surface area contributed by atoms with Gasteiger partial charge in [0.05, 0.1) is 5.69 Å². The summed E-state index contributed by atoms with van der Waals surface area (Å²) in [7, 11) is 0. The van der Waals surface area contributed by atoms with Crippen LogP contribution in [-0.2, 0) is 6.54 Å². The first-order chi connectivity index (χ1) is 15.8. The van der Waals surface area contributed by atoms with Crippen molar-refractivity contribution in [2.24, 2.45) is 0 Å². The average Bonchev–Trinajstić information content (AvgIpc) is 3.33. The molecule has 8 nitrogen and oxygen atoms in total. The van der Waals surface area contributed by atoms with Gasteiger partial charge in [-0.15, -0.1) is 0 Å². The minimum atomic E-state index is -0.165. The molecular formula is C24H19N7O. The summed E-state index contributed by atoms with van der Waals surface area (Å²) in [5.74, 6) is 1.14. The van der Waals surface area contributed by atoms with Crippen molar-refractivity contribution in [1.82, 2.24) is 24.6 Å². The van der Waals surface area contributed by atoms with Gasteiger partial charge in [-0.3, -0.25) is 9.78 Å². The van der Waals surface area contributed by atoms with E-state index in [-0.39, 0.29) is 5.91 Å². The van der Waals surface area contributed by atoms with Gasteiger partial charge in [0.2, 0.25) is 0 Å². The highest BCUT2D eigenvalue weighted by Gasteiger charge is 2.10. The Labute approximate surface area is 184 Å². The molecule has 0 fully saturated rings. The first-order valence-electron chi connectivity index (χ1n) is 10.1. The predicted molar refractivity (Wildman–Crippen MR) is 122 cm³/mol. The van der Waals surface area contributed by atoms with Gasteiger partial charge in [-0.25, -0.2) is 4.98 Å². The number of aromatic nitrogens is 5. The van der Waals surface area contributed by atoms with Gasteiger partial charge >= 0.3 is 0 Å². The van der Waals surface area contributed by atoms with Gasteiger partial charge in [0.1, 0.15) is 12.1 Å². The summed E-state index contributed by atoms with van der Waals surface area (Å²) >= 11 is 0. The Hall–Kier alpha value is -4.59. The fourth-order valence-electron chi connectivity index (χ4n) is 3.30. The van der Waals surface area contributed by atoms with Crippen LogP contribution in [0.15, 0.2) is 91.5 Å². The number of carbonyl (C=O) groups is 1. The van der Waals surface area contributed by atoms with Gasteiger partial charge in [-0.2, -0.15) is 14.6 Å². The minimum absolute atomic E-state index is 0.165. The number of pyridine rings is 1. The van der Waals surface area contributed by atoms with E-state index in [0.29, 0.717) is 23.6 Å². The Morgan fingerprint density at radius 1 is 0.938 bits per heavy atom. The number of amides is 1. The van der Waals surface area contributed by atoms with E-state index >= 15 is 0 Å². The molecule has 0 radical (unpaired) electrons. The monoisotopic (exact) mass is 421 g/mol. The maximum absolute atomic E-state index is 12.4. The molecule has 2 N–H and O–H groups in total. The average molecular weight is 421 g/mol. The second-order valence-corrected chi connectivity index (χ2v) is 7.10. The number of hydrogen-bond acceptors (Lipinski definition) is 6. The molecule has 0 bridgehead atoms. The second-order valence-electron chi connectivity index (χ2n) is 7.10. The van der Waals surface area contributed by atoms with E-state index in [1.807, 2.05) is 48.5 Å². The molecule has 32 heavy (non-hydrogen) atoms. The van der Waals surface area contributed by atoms with Crippen molar-refractivity contribution in [2.45, 2.75) is 6.54 Å². The lowest BCUT2D eigenvalue weighted by molar-refractivity contribution is 0.102. The van der Waals surface area contributed by atoms with Gasteiger partial charge in [-0.05, 0) is 29.8 Å². The lowest BCUT2D eigenvalue weighted by atomic mass is 10.1. The summed E-state index contributed by atoms with van der Waals surface area (Å²) in [6.45, 7) is 0.555. The summed E-state index contributed by atoms with van der Waals surface area (Å²) in [5, 5.41) is 10.5. The van der Waals surface area contributed by atoms with Crippen molar-refractivity contribution < 1.29 is 4.79 Å². The second kappa shape index (κ2) is 8.65. The molecular weight excluding hydrogens is 402 g/mol. The SMILES string of the molecule is O=C(Nc1ccncc1)c1ccc(CNc2cc(-c3ccccc3)nc3ncnn23)cc1. The van der Waals surface area contributed by atoms with Gasteiger partial charge in [-0.1, -0.05) is 42.5 Å². The lowest BCUT2D eigenvalue weighted by Crippen LogP contribution is -2.12. The Morgan fingerprint density at radius 2 is 1.72 bits per heavy atom. The molecule has 0 aliphatic heterocycles. The molecule has 0 aliphatic carbocycles. The summed E-state index contributed by atoms with van der Waals surface area (Å²) < 4.78 is 1.67. The van der Waals surface area contributed by atoms with Crippen LogP contribution in [0.25, 0.3) is 17.0 Å². The summed E-state index contributed by atoms with van der Waals surface area (Å²) in [6, 6.07) is 22.9. The number of fused-ring (bicyclic) bond motifs is 1. The zero-order chi connectivity index (χ0) is 21.8. The van der Waals surface area contributed by atoms with Crippen molar-refractivity contribution in [1.29, 1.82) is 0 Å². The Morgan fingerprint density at radius 3 is 2.50 bits per heavy atom. The molecule has 156 valence electrons. The maximum Gasteiger partial charge on any atom is 0.255 e. The van der Waals surface area contributed by atoms with Gasteiger partial charge in [0.25, 0.3) is 11.7 Å². The third-order valence-corrected chi connectivity index (χ3v) is 4.95. The molecule has 0 spiro atoms. The fourth-order valence-corrected chi connectivity index (χ4v) is 3.30. The third-order valence-electron chi connectivity index (χ3n) is 4.95. The molecule has 0 saturated heterocycles. The number of benzene rings is 2. The predicted octanol–water partition coefficient (Wildman–Crippen LogP) is 4.05. The van der Waals surface area contributed by atoms with Crippen molar-refractivity contribution in [2.75, 3.05) is 10.6 Å². The summed E-state index contributed by atoms with van der Waals surface area (Å²) in [4.78, 5) is 25.2. The first-order valence-corrected chi connectivity index (χ1v) is 10.1. The Balaban J connectivity index is 1.31. The van der Waals surface area contributed by atoms with Crippen LogP contribution >= 0.6 is 0 Å². The van der Waals surface area contributed by atoms with Crippen LogP contribution in [0.5, 0.6) is 0 Å². The smallest absolute Gasteiger partial charge is 0.255 e. The van der Waals surface area contributed by atoms with Crippen LogP contribution in [0.1, 0.15) is 15.9 Å². The molecule has 3 aromatic heterocycles. The zero-order valence-corrected chi connectivity index (χ0v) is 17.0. The van der Waals surface area contributed by atoms with Crippen LogP contribution in [0.3, 0.4) is 0 Å². The number of hydrogen-bond donors (Lipinski definition) is 2. The van der Waals surface area contributed by atoms with Crippen molar-refractivity contribution in [3.63, 3.8) is 0 Å². The topological polar surface area (TPSA) is 97.1 Å². The molecule has 2 aromatic carbocycles. The molecule has 0 aliphatic rings. The van der Waals surface area contributed by atoms with E-state index in [1.54, 1.807) is 41.2 Å². The molecule has 0 saturated carbocycles. The van der Waals surface area contributed by atoms with E-state index in [4.69, 9.17) is 0 Å². The number of rotatable bonds is 6. The molecule has 5 rings (SSSR count). The van der Waals surface area contributed by atoms with Crippen LogP contribution < -0.4 is 10.6 Å². The first kappa shape index (κ1) is 19.4. The number of nitrogens with one attached hydrogen (secondary N) is 2. The molecule has 0 atom stereocenters. The highest BCUT2D eigenvalue weighted by molar-refractivity contribution is 6.04. The van der Waals surface area contributed by atoms with E-state index in [1.165, 1.54) is 6.33 Å². The summed E-state index contributed by atoms with van der Waals surface area (Å²) in [6.07, 6.45) is 4.76. The largest absolute Gasteiger partial charge is 0.366 e. The molecule has 0 unspecified atom stereocenters. The standard InChI is InChI=1S/C24H19N7O/c32-23(29-20-10-12-25-13-11-20)19-8-6-17(7-9-19)15-26-22-14-21(18-4-2-1-3-5-18)30-24-27-16-28-31(22)24/h1-14,16,26H,15H2,(H,25,29,32). The lowest BCUT2D eigenvalue weighted by Gasteiger charge is -2.11. The van der Waals surface area contributed by atoms with Crippen LogP contribution in [0, 0.1) is 0 Å². The van der Waals surface area contributed by atoms with E-state index < -0.39 is 0 Å². The van der Waals surface area contributed by atoms with Crippen molar-refractivity contribution >= 4 is 23.2 Å². The molecule has 5 aromatic rings. The normalized spacial score (nSPS) is 10.8. The number of nitrogens with zero attached hydrogens (tertiary/aromatic N) is 5. The van der Waals surface area contributed by atoms with E-state index in [9.17, 15) is 4.79 Å². The molecule has 8 heteroatoms. The van der Waals surface area contributed by atoms with Gasteiger partial charge in [0.15, 0.2) is 0 Å². The quantitative estimate of drug-likeness (QED) is 0.429. The fraction of sp³-hybridized carbons (Fsp3) is 0.0417. The van der Waals surface area contributed by atoms with Crippen LogP contribution in [-0.4, -0.2) is 30.5 Å². The summed E-state index contributed by atoms with van der Waals surface area (Å²) in [5.41, 5.74) is 4.14. The van der Waals surface area contributed by atoms with Crippen molar-refractivity contribution in [3.05, 3.63) is 103 Å². The van der Waals surface area contributed by atoms with E-state index in [2.05, 4.69) is 30.7 Å². The Bertz CT molecular complexity index is 1350. The highest BCUT2D eigenvalue weighted by Crippen LogP contribution is 2.21. The van der Waals surface area contributed by atoms with Gasteiger partial charge in [0, 0.05) is 41.8 Å². The molecule has 1 amide bonds. The number of carbonyl (C=O) groups excluding carboxylic acids is 1. The van der Waals surface area contributed by atoms with Crippen molar-refractivity contribution in [3.8, 4) is 11.3 Å². The van der Waals surface area contributed by atoms with Crippen LogP contribution in [0.4, 0.5) is 11.5 Å². The molecule has 3 heterocycles. The van der Waals surface area contributed by atoms with E-state index in [0.717, 1.165) is 22.6 Å². The van der Waals surface area contributed by atoms with Crippen LogP contribution in [0.2, 0.25) is 0 Å². The maximum atomic E-state index is 12.4. The number of anilines is 2. The minimum Gasteiger partial charge on any atom is -0.366 e.